The van der Waals surface area contributed by atoms with Gasteiger partial charge in [-0.3, -0.25) is 0 Å². The first-order valence-electron chi connectivity index (χ1n) is 8.81. The van der Waals surface area contributed by atoms with Crippen molar-refractivity contribution in [3.05, 3.63) is 50.1 Å². The van der Waals surface area contributed by atoms with E-state index in [-0.39, 0.29) is 17.9 Å². The lowest BCUT2D eigenvalue weighted by atomic mass is 10.2. The molecule has 0 unspecified atom stereocenters. The molecular formula is C22H36O8. The van der Waals surface area contributed by atoms with E-state index in [0.29, 0.717) is 18.1 Å². The van der Waals surface area contributed by atoms with E-state index in [1.165, 1.54) is 13.2 Å². The third kappa shape index (κ3) is 39.8. The van der Waals surface area contributed by atoms with E-state index in [2.05, 4.69) is 31.1 Å². The maximum atomic E-state index is 10.5. The Morgan fingerprint density at radius 3 is 1.50 bits per heavy atom. The molecule has 0 aliphatic heterocycles. The lowest BCUT2D eigenvalue weighted by Gasteiger charge is -2.17. The standard InChI is InChI=1S/2C7H12O2.C5H8O2.C3H4O2/c1-5-6(8)9-7(2,3)4;1-4-7(8)9-5-6(2)3;1-4(2)5(6)7-3;1-2-3(4)5/h5H,1H2,2-4H3;4,6H,1,5H2,2-3H3;1H2,2-3H3;2H,1H2,(H,4,5). The van der Waals surface area contributed by atoms with E-state index < -0.39 is 11.6 Å². The van der Waals surface area contributed by atoms with Crippen LogP contribution in [0.5, 0.6) is 0 Å². The number of hydrogen-bond donors (Lipinski definition) is 1. The molecule has 0 aromatic heterocycles. The maximum Gasteiger partial charge on any atom is 0.332 e. The van der Waals surface area contributed by atoms with Crippen LogP contribution in [0.3, 0.4) is 0 Å². The molecule has 0 saturated heterocycles. The van der Waals surface area contributed by atoms with Crippen LogP contribution in [0.25, 0.3) is 0 Å². The first kappa shape index (κ1) is 34.4. The summed E-state index contributed by atoms with van der Waals surface area (Å²) in [6, 6.07) is 0. The van der Waals surface area contributed by atoms with Crippen LogP contribution in [0.15, 0.2) is 50.1 Å². The second-order valence-electron chi connectivity index (χ2n) is 6.78. The molecule has 0 aromatic carbocycles. The number of carbonyl (C=O) groups is 4. The summed E-state index contributed by atoms with van der Waals surface area (Å²) in [6.07, 6.45) is 3.16. The summed E-state index contributed by atoms with van der Waals surface area (Å²) >= 11 is 0. The van der Waals surface area contributed by atoms with Crippen molar-refractivity contribution in [3.63, 3.8) is 0 Å². The topological polar surface area (TPSA) is 116 Å². The molecule has 0 heterocycles. The summed E-state index contributed by atoms with van der Waals surface area (Å²) < 4.78 is 13.8. The average Bonchev–Trinajstić information content (AvgIpc) is 2.65. The zero-order valence-electron chi connectivity index (χ0n) is 19.1. The van der Waals surface area contributed by atoms with Crippen LogP contribution in [0.2, 0.25) is 0 Å². The van der Waals surface area contributed by atoms with Crippen LogP contribution in [-0.4, -0.2) is 48.3 Å². The van der Waals surface area contributed by atoms with E-state index in [1.807, 2.05) is 34.6 Å². The van der Waals surface area contributed by atoms with Crippen LogP contribution >= 0.6 is 0 Å². The molecule has 0 aromatic rings. The lowest BCUT2D eigenvalue weighted by molar-refractivity contribution is -0.148. The molecule has 30 heavy (non-hydrogen) atoms. The Morgan fingerprint density at radius 2 is 1.37 bits per heavy atom. The predicted molar refractivity (Wildman–Crippen MR) is 117 cm³/mol. The molecule has 0 bridgehead atoms. The number of methoxy groups -OCH3 is 1. The van der Waals surface area contributed by atoms with Crippen LogP contribution < -0.4 is 0 Å². The zero-order valence-corrected chi connectivity index (χ0v) is 19.1. The number of carboxylic acid groups (broad SMARTS) is 1. The third-order valence-corrected chi connectivity index (χ3v) is 2.01. The summed E-state index contributed by atoms with van der Waals surface area (Å²) in [4.78, 5) is 40.3. The number of aliphatic carboxylic acids is 1. The van der Waals surface area contributed by atoms with Crippen LogP contribution in [0.4, 0.5) is 0 Å². The molecule has 0 amide bonds. The number of carboxylic acids is 1. The van der Waals surface area contributed by atoms with Gasteiger partial charge in [-0.15, -0.1) is 0 Å². The second-order valence-corrected chi connectivity index (χ2v) is 6.78. The summed E-state index contributed by atoms with van der Waals surface area (Å²) in [5.41, 5.74) is 0.0353. The van der Waals surface area contributed by atoms with Crippen molar-refractivity contribution < 1.29 is 38.5 Å². The normalized spacial score (nSPS) is 8.80. The summed E-state index contributed by atoms with van der Waals surface area (Å²) in [6.45, 7) is 24.3. The molecule has 8 heteroatoms. The monoisotopic (exact) mass is 428 g/mol. The van der Waals surface area contributed by atoms with Crippen molar-refractivity contribution in [2.45, 2.75) is 47.1 Å². The largest absolute Gasteiger partial charge is 0.478 e. The van der Waals surface area contributed by atoms with Crippen molar-refractivity contribution in [2.75, 3.05) is 13.7 Å². The highest BCUT2D eigenvalue weighted by atomic mass is 16.6. The van der Waals surface area contributed by atoms with Gasteiger partial charge in [-0.2, -0.15) is 0 Å². The Balaban J connectivity index is -0.000000154. The fraction of sp³-hybridized carbons (Fsp3) is 0.455. The van der Waals surface area contributed by atoms with Crippen molar-refractivity contribution in [1.29, 1.82) is 0 Å². The van der Waals surface area contributed by atoms with Gasteiger partial charge in [-0.1, -0.05) is 40.2 Å². The lowest BCUT2D eigenvalue weighted by Crippen LogP contribution is -2.22. The van der Waals surface area contributed by atoms with Crippen LogP contribution in [-0.2, 0) is 33.4 Å². The van der Waals surface area contributed by atoms with E-state index in [1.54, 1.807) is 6.92 Å². The Bertz CT molecular complexity index is 580. The van der Waals surface area contributed by atoms with E-state index in [4.69, 9.17) is 14.6 Å². The molecule has 0 radical (unpaired) electrons. The molecule has 0 fully saturated rings. The SMILES string of the molecule is C=C(C)C(=O)OC.C=CC(=O)O.C=CC(=O)OC(C)(C)C.C=CC(=O)OCC(C)C. The number of carbonyl (C=O) groups excluding carboxylic acids is 3. The minimum absolute atomic E-state index is 0.344. The van der Waals surface area contributed by atoms with E-state index in [9.17, 15) is 19.2 Å². The van der Waals surface area contributed by atoms with Crippen molar-refractivity contribution in [1.82, 2.24) is 0 Å². The summed E-state index contributed by atoms with van der Waals surface area (Å²) in [5, 5.41) is 7.60. The van der Waals surface area contributed by atoms with Gasteiger partial charge in [-0.05, 0) is 33.6 Å². The predicted octanol–water partition coefficient (Wildman–Crippen LogP) is 3.88. The molecule has 8 nitrogen and oxygen atoms in total. The fourth-order valence-electron chi connectivity index (χ4n) is 0.825. The zero-order chi connectivity index (χ0) is 24.9. The van der Waals surface area contributed by atoms with Gasteiger partial charge in [-0.25, -0.2) is 19.2 Å². The molecular weight excluding hydrogens is 392 g/mol. The van der Waals surface area contributed by atoms with Gasteiger partial charge in [0, 0.05) is 23.8 Å². The van der Waals surface area contributed by atoms with Gasteiger partial charge in [0.25, 0.3) is 0 Å². The molecule has 0 spiro atoms. The Kier molecular flexibility index (Phi) is 23.6. The van der Waals surface area contributed by atoms with Crippen molar-refractivity contribution in [3.8, 4) is 0 Å². The number of ether oxygens (including phenoxy) is 3. The van der Waals surface area contributed by atoms with Gasteiger partial charge >= 0.3 is 23.9 Å². The molecule has 0 atom stereocenters. The highest BCUT2D eigenvalue weighted by molar-refractivity contribution is 5.86. The molecule has 1 N–H and O–H groups in total. The Labute approximate surface area is 179 Å². The molecule has 0 aliphatic carbocycles. The van der Waals surface area contributed by atoms with Gasteiger partial charge in [0.1, 0.15) is 5.60 Å². The van der Waals surface area contributed by atoms with Gasteiger partial charge in [0.05, 0.1) is 13.7 Å². The molecule has 0 rings (SSSR count). The highest BCUT2D eigenvalue weighted by Gasteiger charge is 2.12. The van der Waals surface area contributed by atoms with E-state index >= 15 is 0 Å². The maximum absolute atomic E-state index is 10.5. The quantitative estimate of drug-likeness (QED) is 0.385. The fourth-order valence-corrected chi connectivity index (χ4v) is 0.825. The van der Waals surface area contributed by atoms with Crippen molar-refractivity contribution >= 4 is 23.9 Å². The number of esters is 3. The number of rotatable bonds is 6. The van der Waals surface area contributed by atoms with Crippen molar-refractivity contribution in [2.24, 2.45) is 5.92 Å². The molecule has 0 saturated carbocycles. The second kappa shape index (κ2) is 20.6. The summed E-state index contributed by atoms with van der Waals surface area (Å²) in [5.74, 6) is -1.65. The van der Waals surface area contributed by atoms with Gasteiger partial charge in [0.2, 0.25) is 0 Å². The molecule has 0 aliphatic rings. The highest BCUT2D eigenvalue weighted by Crippen LogP contribution is 2.06. The minimum atomic E-state index is -0.981. The first-order chi connectivity index (χ1) is 13.6. The van der Waals surface area contributed by atoms with Gasteiger partial charge in [0.15, 0.2) is 0 Å². The molecule has 172 valence electrons. The van der Waals surface area contributed by atoms with Gasteiger partial charge < -0.3 is 19.3 Å². The smallest absolute Gasteiger partial charge is 0.332 e. The third-order valence-electron chi connectivity index (χ3n) is 2.01. The summed E-state index contributed by atoms with van der Waals surface area (Å²) in [7, 11) is 1.33. The van der Waals surface area contributed by atoms with Crippen LogP contribution in [0.1, 0.15) is 41.5 Å². The Morgan fingerprint density at radius 1 is 0.967 bits per heavy atom. The average molecular weight is 429 g/mol. The van der Waals surface area contributed by atoms with Crippen LogP contribution in [0, 0.1) is 5.92 Å². The number of hydrogen-bond acceptors (Lipinski definition) is 7. The Hall–Kier alpha value is -3.16. The van der Waals surface area contributed by atoms with E-state index in [0.717, 1.165) is 12.2 Å². The minimum Gasteiger partial charge on any atom is -0.478 e. The first-order valence-corrected chi connectivity index (χ1v) is 8.81.